The molecule has 2 N–H and O–H groups in total. The number of anilines is 1. The lowest BCUT2D eigenvalue weighted by Crippen LogP contribution is -2.05. The van der Waals surface area contributed by atoms with Crippen molar-refractivity contribution in [2.45, 2.75) is 32.6 Å². The number of phenolic OH excluding ortho intramolecular Hbond substituents is 1. The predicted molar refractivity (Wildman–Crippen MR) is 102 cm³/mol. The zero-order chi connectivity index (χ0) is 17.8. The van der Waals surface area contributed by atoms with Gasteiger partial charge in [-0.05, 0) is 72.5 Å². The van der Waals surface area contributed by atoms with Gasteiger partial charge in [-0.1, -0.05) is 12.1 Å². The second kappa shape index (κ2) is 7.43. The maximum Gasteiger partial charge on any atom is 0.221 e. The number of fused-ring (bicyclic) bond motifs is 1. The van der Waals surface area contributed by atoms with Crippen LogP contribution in [0.25, 0.3) is 10.9 Å². The highest BCUT2D eigenvalue weighted by molar-refractivity contribution is 5.90. The molecule has 0 saturated carbocycles. The molecule has 0 aliphatic heterocycles. The molecule has 1 amide bonds. The first-order valence-electron chi connectivity index (χ1n) is 8.66. The number of aromatic nitrogens is 1. The average molecular weight is 336 g/mol. The molecule has 0 atom stereocenters. The third kappa shape index (κ3) is 4.21. The van der Waals surface area contributed by atoms with Gasteiger partial charge in [0.25, 0.3) is 0 Å². The fourth-order valence-corrected chi connectivity index (χ4v) is 3.17. The van der Waals surface area contributed by atoms with Crippen LogP contribution in [0.5, 0.6) is 5.75 Å². The van der Waals surface area contributed by atoms with Gasteiger partial charge >= 0.3 is 0 Å². The van der Waals surface area contributed by atoms with Crippen LogP contribution in [0, 0.1) is 0 Å². The average Bonchev–Trinajstić information content (AvgIpc) is 2.94. The summed E-state index contributed by atoms with van der Waals surface area (Å²) >= 11 is 0. The van der Waals surface area contributed by atoms with E-state index >= 15 is 0 Å². The number of unbranched alkanes of at least 4 members (excludes halogenated alkanes) is 1. The van der Waals surface area contributed by atoms with E-state index in [0.29, 0.717) is 5.69 Å². The van der Waals surface area contributed by atoms with Crippen LogP contribution in [0.2, 0.25) is 0 Å². The number of aryl methyl sites for hydroxylation is 3. The lowest BCUT2D eigenvalue weighted by atomic mass is 10.0. The van der Waals surface area contributed by atoms with Gasteiger partial charge in [-0.25, -0.2) is 0 Å². The number of amides is 1. The molecule has 0 fully saturated rings. The van der Waals surface area contributed by atoms with Crippen molar-refractivity contribution >= 4 is 22.5 Å². The summed E-state index contributed by atoms with van der Waals surface area (Å²) in [4.78, 5) is 11.1. The number of aromatic hydroxyl groups is 1. The molecule has 3 aromatic rings. The Morgan fingerprint density at radius 1 is 1.04 bits per heavy atom. The molecule has 3 rings (SSSR count). The Balaban J connectivity index is 1.52. The molecule has 0 spiro atoms. The summed E-state index contributed by atoms with van der Waals surface area (Å²) in [5.41, 5.74) is 4.18. The Labute approximate surface area is 148 Å². The first-order chi connectivity index (χ1) is 12.0. The number of benzene rings is 2. The number of carbonyl (C=O) groups excluding carboxylic acids is 1. The molecule has 1 heterocycles. The van der Waals surface area contributed by atoms with E-state index in [1.54, 1.807) is 12.1 Å². The van der Waals surface area contributed by atoms with Crippen LogP contribution >= 0.6 is 0 Å². The topological polar surface area (TPSA) is 54.3 Å². The molecular formula is C21H24N2O2. The van der Waals surface area contributed by atoms with E-state index in [2.05, 4.69) is 47.4 Å². The van der Waals surface area contributed by atoms with Gasteiger partial charge in [-0.2, -0.15) is 0 Å². The Morgan fingerprint density at radius 3 is 2.40 bits per heavy atom. The maximum atomic E-state index is 11.1. The number of hydrogen-bond acceptors (Lipinski definition) is 2. The highest BCUT2D eigenvalue weighted by Crippen LogP contribution is 2.25. The van der Waals surface area contributed by atoms with Crippen LogP contribution in [0.1, 0.15) is 30.9 Å². The van der Waals surface area contributed by atoms with E-state index in [-0.39, 0.29) is 11.7 Å². The van der Waals surface area contributed by atoms with Crippen LogP contribution in [0.3, 0.4) is 0 Å². The Morgan fingerprint density at radius 2 is 1.72 bits per heavy atom. The first-order valence-corrected chi connectivity index (χ1v) is 8.66. The van der Waals surface area contributed by atoms with E-state index in [1.807, 2.05) is 6.07 Å². The summed E-state index contributed by atoms with van der Waals surface area (Å²) in [6.45, 7) is 1.43. The standard InChI is InChI=1S/C21H24N2O2/c1-15(24)22-19-9-7-17(14-21(19)25)6-4-3-5-16-8-10-20-18(13-16)11-12-23(20)2/h7-14,25H,3-6H2,1-2H3,(H,22,24). The monoisotopic (exact) mass is 336 g/mol. The van der Waals surface area contributed by atoms with Crippen molar-refractivity contribution in [3.05, 3.63) is 59.8 Å². The number of hydrogen-bond donors (Lipinski definition) is 2. The fourth-order valence-electron chi connectivity index (χ4n) is 3.17. The molecule has 0 saturated heterocycles. The van der Waals surface area contributed by atoms with Gasteiger partial charge < -0.3 is 15.0 Å². The Kier molecular flexibility index (Phi) is 5.08. The van der Waals surface area contributed by atoms with Crippen molar-refractivity contribution in [3.8, 4) is 5.75 Å². The minimum Gasteiger partial charge on any atom is -0.506 e. The summed E-state index contributed by atoms with van der Waals surface area (Å²) in [6.07, 6.45) is 6.23. The number of rotatable bonds is 6. The minimum absolute atomic E-state index is 0.127. The molecule has 0 aliphatic rings. The predicted octanol–water partition coefficient (Wildman–Crippen LogP) is 4.41. The highest BCUT2D eigenvalue weighted by Gasteiger charge is 2.05. The molecule has 1 aromatic heterocycles. The van der Waals surface area contributed by atoms with Crippen LogP contribution in [-0.2, 0) is 24.7 Å². The zero-order valence-electron chi connectivity index (χ0n) is 14.7. The van der Waals surface area contributed by atoms with E-state index in [9.17, 15) is 9.90 Å². The zero-order valence-corrected chi connectivity index (χ0v) is 14.7. The van der Waals surface area contributed by atoms with E-state index < -0.39 is 0 Å². The molecule has 130 valence electrons. The second-order valence-corrected chi connectivity index (χ2v) is 6.56. The molecule has 25 heavy (non-hydrogen) atoms. The Hall–Kier alpha value is -2.75. The summed E-state index contributed by atoms with van der Waals surface area (Å²) in [5, 5.41) is 13.9. The SMILES string of the molecule is CC(=O)Nc1ccc(CCCCc2ccc3c(ccn3C)c2)cc1O. The number of nitrogens with zero attached hydrogens (tertiary/aromatic N) is 1. The van der Waals surface area contributed by atoms with Crippen LogP contribution < -0.4 is 5.32 Å². The summed E-state index contributed by atoms with van der Waals surface area (Å²) in [6, 6.07) is 14.3. The first kappa shape index (κ1) is 17.1. The summed E-state index contributed by atoms with van der Waals surface area (Å²) in [7, 11) is 2.06. The minimum atomic E-state index is -0.182. The van der Waals surface area contributed by atoms with Crippen LogP contribution in [0.4, 0.5) is 5.69 Å². The van der Waals surface area contributed by atoms with Crippen LogP contribution in [0.15, 0.2) is 48.7 Å². The third-order valence-electron chi connectivity index (χ3n) is 4.50. The molecule has 0 unspecified atom stereocenters. The van der Waals surface area contributed by atoms with Crippen LogP contribution in [-0.4, -0.2) is 15.6 Å². The van der Waals surface area contributed by atoms with Gasteiger partial charge in [-0.3, -0.25) is 4.79 Å². The van der Waals surface area contributed by atoms with E-state index in [4.69, 9.17) is 0 Å². The molecule has 4 nitrogen and oxygen atoms in total. The fraction of sp³-hybridized carbons (Fsp3) is 0.286. The van der Waals surface area contributed by atoms with Crippen molar-refractivity contribution in [3.63, 3.8) is 0 Å². The van der Waals surface area contributed by atoms with Gasteiger partial charge in [0.2, 0.25) is 5.91 Å². The molecule has 0 radical (unpaired) electrons. The molecule has 2 aromatic carbocycles. The van der Waals surface area contributed by atoms with Gasteiger partial charge in [-0.15, -0.1) is 0 Å². The normalized spacial score (nSPS) is 11.0. The summed E-state index contributed by atoms with van der Waals surface area (Å²) in [5.74, 6) is -0.0549. The molecule has 0 bridgehead atoms. The molecular weight excluding hydrogens is 312 g/mol. The van der Waals surface area contributed by atoms with Gasteiger partial charge in [0.1, 0.15) is 5.75 Å². The highest BCUT2D eigenvalue weighted by atomic mass is 16.3. The summed E-state index contributed by atoms with van der Waals surface area (Å²) < 4.78 is 2.14. The quantitative estimate of drug-likeness (QED) is 0.517. The van der Waals surface area contributed by atoms with Crippen molar-refractivity contribution in [1.29, 1.82) is 0 Å². The van der Waals surface area contributed by atoms with Crippen molar-refractivity contribution in [1.82, 2.24) is 4.57 Å². The molecule has 0 aliphatic carbocycles. The van der Waals surface area contributed by atoms with Gasteiger partial charge in [0, 0.05) is 25.7 Å². The molecule has 4 heteroatoms. The third-order valence-corrected chi connectivity index (χ3v) is 4.50. The lowest BCUT2D eigenvalue weighted by Gasteiger charge is -2.08. The van der Waals surface area contributed by atoms with Gasteiger partial charge in [0.05, 0.1) is 5.69 Å². The van der Waals surface area contributed by atoms with Crippen molar-refractivity contribution < 1.29 is 9.90 Å². The van der Waals surface area contributed by atoms with E-state index in [1.165, 1.54) is 23.4 Å². The smallest absolute Gasteiger partial charge is 0.221 e. The van der Waals surface area contributed by atoms with E-state index in [0.717, 1.165) is 31.2 Å². The largest absolute Gasteiger partial charge is 0.506 e. The number of nitrogens with one attached hydrogen (secondary N) is 1. The van der Waals surface area contributed by atoms with Crippen molar-refractivity contribution in [2.75, 3.05) is 5.32 Å². The maximum absolute atomic E-state index is 11.1. The number of carbonyl (C=O) groups is 1. The lowest BCUT2D eigenvalue weighted by molar-refractivity contribution is -0.114. The second-order valence-electron chi connectivity index (χ2n) is 6.56. The van der Waals surface area contributed by atoms with Crippen molar-refractivity contribution in [2.24, 2.45) is 7.05 Å². The number of phenols is 1. The van der Waals surface area contributed by atoms with Gasteiger partial charge in [0.15, 0.2) is 0 Å². The Bertz CT molecular complexity index is 896.